The lowest BCUT2D eigenvalue weighted by atomic mass is 10.2. The largest absolute Gasteiger partial charge is 0.478 e. The second-order valence-electron chi connectivity index (χ2n) is 5.19. The van der Waals surface area contributed by atoms with E-state index in [1.54, 1.807) is 12.1 Å². The van der Waals surface area contributed by atoms with Gasteiger partial charge in [0.1, 0.15) is 11.3 Å². The van der Waals surface area contributed by atoms with E-state index in [1.807, 2.05) is 6.07 Å². The number of aliphatic hydroxyl groups excluding tert-OH is 1. The molecule has 2 N–H and O–H groups in total. The number of rotatable bonds is 8. The molecule has 21 heavy (non-hydrogen) atoms. The topological polar surface area (TPSA) is 75.3 Å². The number of para-hydroxylation sites is 1. The maximum atomic E-state index is 11.3. The van der Waals surface area contributed by atoms with E-state index in [2.05, 4.69) is 16.5 Å². The van der Waals surface area contributed by atoms with E-state index in [-0.39, 0.29) is 12.2 Å². The number of fused-ring (bicyclic) bond motifs is 1. The standard InChI is InChI=1S/C16H22N2O3/c1-2-7-14-17-15-12(16(20)21)8-6-9-13(15)18(14)10-4-3-5-11-19/h6,8-9,19H,2-5,7,10-11H2,1H3,(H,20,21). The van der Waals surface area contributed by atoms with Crippen LogP contribution >= 0.6 is 0 Å². The van der Waals surface area contributed by atoms with Crippen molar-refractivity contribution in [2.24, 2.45) is 0 Å². The molecule has 0 spiro atoms. The summed E-state index contributed by atoms with van der Waals surface area (Å²) in [6, 6.07) is 5.30. The molecule has 5 heteroatoms. The summed E-state index contributed by atoms with van der Waals surface area (Å²) in [4.78, 5) is 15.9. The SMILES string of the molecule is CCCc1nc2c(C(=O)O)cccc2n1CCCCCO. The fourth-order valence-electron chi connectivity index (χ4n) is 2.59. The molecule has 0 bridgehead atoms. The lowest BCUT2D eigenvalue weighted by Gasteiger charge is -2.08. The second-order valence-corrected chi connectivity index (χ2v) is 5.19. The number of nitrogens with zero attached hydrogens (tertiary/aromatic N) is 2. The molecule has 5 nitrogen and oxygen atoms in total. The highest BCUT2D eigenvalue weighted by atomic mass is 16.4. The minimum Gasteiger partial charge on any atom is -0.478 e. The van der Waals surface area contributed by atoms with Crippen LogP contribution in [0.25, 0.3) is 11.0 Å². The summed E-state index contributed by atoms with van der Waals surface area (Å²) >= 11 is 0. The van der Waals surface area contributed by atoms with Crippen molar-refractivity contribution in [2.45, 2.75) is 45.6 Å². The van der Waals surface area contributed by atoms with Crippen molar-refractivity contribution in [3.8, 4) is 0 Å². The number of aryl methyl sites for hydroxylation is 2. The molecule has 0 aliphatic heterocycles. The monoisotopic (exact) mass is 290 g/mol. The molecule has 0 saturated carbocycles. The van der Waals surface area contributed by atoms with Gasteiger partial charge < -0.3 is 14.8 Å². The van der Waals surface area contributed by atoms with Crippen LogP contribution < -0.4 is 0 Å². The number of benzene rings is 1. The first kappa shape index (κ1) is 15.5. The number of imidazole rings is 1. The van der Waals surface area contributed by atoms with Crippen molar-refractivity contribution in [3.05, 3.63) is 29.6 Å². The van der Waals surface area contributed by atoms with Gasteiger partial charge >= 0.3 is 5.97 Å². The lowest BCUT2D eigenvalue weighted by Crippen LogP contribution is -2.04. The Balaban J connectivity index is 2.38. The van der Waals surface area contributed by atoms with E-state index < -0.39 is 5.97 Å². The summed E-state index contributed by atoms with van der Waals surface area (Å²) in [6.45, 7) is 3.12. The number of unbranched alkanes of at least 4 members (excludes halogenated alkanes) is 2. The first-order valence-electron chi connectivity index (χ1n) is 7.51. The van der Waals surface area contributed by atoms with E-state index in [9.17, 15) is 9.90 Å². The third kappa shape index (κ3) is 3.42. The summed E-state index contributed by atoms with van der Waals surface area (Å²) in [7, 11) is 0. The van der Waals surface area contributed by atoms with Gasteiger partial charge in [-0.05, 0) is 37.8 Å². The number of hydrogen-bond donors (Lipinski definition) is 2. The third-order valence-electron chi connectivity index (χ3n) is 3.60. The van der Waals surface area contributed by atoms with Crippen LogP contribution in [-0.2, 0) is 13.0 Å². The number of aromatic carboxylic acids is 1. The molecule has 2 aromatic rings. The molecule has 2 rings (SSSR count). The average molecular weight is 290 g/mol. The predicted octanol–water partition coefficient (Wildman–Crippen LogP) is 2.85. The molecular formula is C16H22N2O3. The number of hydrogen-bond acceptors (Lipinski definition) is 3. The van der Waals surface area contributed by atoms with Crippen LogP contribution in [0.1, 0.15) is 48.8 Å². The smallest absolute Gasteiger partial charge is 0.337 e. The zero-order valence-electron chi connectivity index (χ0n) is 12.4. The molecule has 0 fully saturated rings. The summed E-state index contributed by atoms with van der Waals surface area (Å²) in [5.74, 6) is 0.0128. The molecule has 0 saturated heterocycles. The number of aliphatic hydroxyl groups is 1. The highest BCUT2D eigenvalue weighted by Gasteiger charge is 2.16. The second kappa shape index (κ2) is 7.22. The summed E-state index contributed by atoms with van der Waals surface area (Å²) < 4.78 is 2.13. The van der Waals surface area contributed by atoms with Crippen molar-refractivity contribution >= 4 is 17.0 Å². The Morgan fingerprint density at radius 2 is 2.10 bits per heavy atom. The fraction of sp³-hybridized carbons (Fsp3) is 0.500. The Labute approximate surface area is 124 Å². The minimum absolute atomic E-state index is 0.218. The maximum Gasteiger partial charge on any atom is 0.337 e. The zero-order valence-corrected chi connectivity index (χ0v) is 12.4. The van der Waals surface area contributed by atoms with Crippen LogP contribution in [0.4, 0.5) is 0 Å². The first-order chi connectivity index (χ1) is 10.2. The van der Waals surface area contributed by atoms with Crippen LogP contribution in [0.15, 0.2) is 18.2 Å². The van der Waals surface area contributed by atoms with Crippen molar-refractivity contribution in [2.75, 3.05) is 6.61 Å². The van der Waals surface area contributed by atoms with Crippen LogP contribution in [0, 0.1) is 0 Å². The van der Waals surface area contributed by atoms with Crippen molar-refractivity contribution in [1.29, 1.82) is 0 Å². The molecule has 1 heterocycles. The van der Waals surface area contributed by atoms with Gasteiger partial charge in [-0.15, -0.1) is 0 Å². The quantitative estimate of drug-likeness (QED) is 0.733. The van der Waals surface area contributed by atoms with Gasteiger partial charge in [0.15, 0.2) is 0 Å². The van der Waals surface area contributed by atoms with E-state index in [0.717, 1.165) is 50.0 Å². The Morgan fingerprint density at radius 1 is 1.29 bits per heavy atom. The molecule has 0 unspecified atom stereocenters. The van der Waals surface area contributed by atoms with Gasteiger partial charge in [0, 0.05) is 19.6 Å². The highest BCUT2D eigenvalue weighted by Crippen LogP contribution is 2.22. The van der Waals surface area contributed by atoms with Crippen molar-refractivity contribution < 1.29 is 15.0 Å². The van der Waals surface area contributed by atoms with Crippen LogP contribution in [-0.4, -0.2) is 32.3 Å². The summed E-state index contributed by atoms with van der Waals surface area (Å²) in [5, 5.41) is 18.1. The zero-order chi connectivity index (χ0) is 15.2. The summed E-state index contributed by atoms with van der Waals surface area (Å²) in [6.07, 6.45) is 4.53. The lowest BCUT2D eigenvalue weighted by molar-refractivity contribution is 0.0699. The third-order valence-corrected chi connectivity index (χ3v) is 3.60. The van der Waals surface area contributed by atoms with Gasteiger partial charge in [0.05, 0.1) is 11.1 Å². The van der Waals surface area contributed by atoms with Gasteiger partial charge in [0.25, 0.3) is 0 Å². The molecular weight excluding hydrogens is 268 g/mol. The van der Waals surface area contributed by atoms with E-state index in [4.69, 9.17) is 5.11 Å². The number of carboxylic acids is 1. The van der Waals surface area contributed by atoms with E-state index in [0.29, 0.717) is 5.52 Å². The van der Waals surface area contributed by atoms with Crippen molar-refractivity contribution in [3.63, 3.8) is 0 Å². The summed E-state index contributed by atoms with van der Waals surface area (Å²) in [5.41, 5.74) is 1.73. The molecule has 0 aliphatic carbocycles. The fourth-order valence-corrected chi connectivity index (χ4v) is 2.59. The maximum absolute atomic E-state index is 11.3. The van der Waals surface area contributed by atoms with E-state index in [1.165, 1.54) is 0 Å². The van der Waals surface area contributed by atoms with Gasteiger partial charge in [-0.2, -0.15) is 0 Å². The number of carbonyl (C=O) groups is 1. The Bertz CT molecular complexity index is 619. The number of aromatic nitrogens is 2. The minimum atomic E-state index is -0.937. The molecule has 1 aromatic heterocycles. The Hall–Kier alpha value is -1.88. The highest BCUT2D eigenvalue weighted by molar-refractivity contribution is 6.01. The molecule has 0 aliphatic rings. The molecule has 0 amide bonds. The first-order valence-corrected chi connectivity index (χ1v) is 7.51. The van der Waals surface area contributed by atoms with Crippen molar-refractivity contribution in [1.82, 2.24) is 9.55 Å². The number of carboxylic acid groups (broad SMARTS) is 1. The Kier molecular flexibility index (Phi) is 5.33. The normalized spacial score (nSPS) is 11.1. The molecule has 1 aromatic carbocycles. The Morgan fingerprint density at radius 3 is 2.76 bits per heavy atom. The molecule has 0 radical (unpaired) electrons. The van der Waals surface area contributed by atoms with Gasteiger partial charge in [-0.3, -0.25) is 0 Å². The van der Waals surface area contributed by atoms with E-state index >= 15 is 0 Å². The molecule has 114 valence electrons. The van der Waals surface area contributed by atoms with Gasteiger partial charge in [-0.1, -0.05) is 13.0 Å². The predicted molar refractivity (Wildman–Crippen MR) is 81.6 cm³/mol. The average Bonchev–Trinajstić information content (AvgIpc) is 2.81. The van der Waals surface area contributed by atoms with Gasteiger partial charge in [0.2, 0.25) is 0 Å². The van der Waals surface area contributed by atoms with Gasteiger partial charge in [-0.25, -0.2) is 9.78 Å². The van der Waals surface area contributed by atoms with Crippen LogP contribution in [0.2, 0.25) is 0 Å². The van der Waals surface area contributed by atoms with Crippen LogP contribution in [0.5, 0.6) is 0 Å². The molecule has 0 atom stereocenters. The van der Waals surface area contributed by atoms with Crippen LogP contribution in [0.3, 0.4) is 0 Å².